The second kappa shape index (κ2) is 9.81. The third-order valence-electron chi connectivity index (χ3n) is 5.11. The van der Waals surface area contributed by atoms with Crippen molar-refractivity contribution in [3.63, 3.8) is 0 Å². The molecule has 0 radical (unpaired) electrons. The lowest BCUT2D eigenvalue weighted by Crippen LogP contribution is -2.39. The summed E-state index contributed by atoms with van der Waals surface area (Å²) in [6, 6.07) is 15.1. The Balaban J connectivity index is 1.72. The Labute approximate surface area is 166 Å². The third kappa shape index (κ3) is 5.27. The Bertz CT molecular complexity index is 778. The van der Waals surface area contributed by atoms with E-state index in [1.165, 1.54) is 29.7 Å². The highest BCUT2D eigenvalue weighted by molar-refractivity contribution is 7.98. The normalized spacial score (nSPS) is 20.1. The summed E-state index contributed by atoms with van der Waals surface area (Å²) < 4.78 is 5.47. The quantitative estimate of drug-likeness (QED) is 0.419. The average Bonchev–Trinajstić information content (AvgIpc) is 2.71. The minimum absolute atomic E-state index is 0.371. The zero-order valence-electron chi connectivity index (χ0n) is 16.2. The highest BCUT2D eigenvalue weighted by Crippen LogP contribution is 2.31. The summed E-state index contributed by atoms with van der Waals surface area (Å²) in [5.41, 5.74) is 8.99. The van der Waals surface area contributed by atoms with Gasteiger partial charge in [0.15, 0.2) is 0 Å². The molecule has 2 unspecified atom stereocenters. The maximum absolute atomic E-state index is 5.95. The molecule has 5 heteroatoms. The minimum atomic E-state index is 0.371. The topological polar surface area (TPSA) is 59.6 Å². The lowest BCUT2D eigenvalue weighted by molar-refractivity contribution is 0.347. The second-order valence-corrected chi connectivity index (χ2v) is 7.94. The summed E-state index contributed by atoms with van der Waals surface area (Å²) in [4.78, 5) is 6.15. The maximum Gasteiger partial charge on any atom is 0.123 e. The van der Waals surface area contributed by atoms with E-state index in [2.05, 4.69) is 35.8 Å². The van der Waals surface area contributed by atoms with Crippen molar-refractivity contribution in [1.82, 2.24) is 5.32 Å². The van der Waals surface area contributed by atoms with E-state index < -0.39 is 0 Å². The molecule has 2 atom stereocenters. The molecule has 3 N–H and O–H groups in total. The van der Waals surface area contributed by atoms with Gasteiger partial charge in [-0.15, -0.1) is 11.8 Å². The number of nitrogens with zero attached hydrogens (tertiary/aromatic N) is 1. The van der Waals surface area contributed by atoms with Crippen LogP contribution in [0.1, 0.15) is 36.8 Å². The van der Waals surface area contributed by atoms with Crippen molar-refractivity contribution >= 4 is 23.7 Å². The van der Waals surface area contributed by atoms with Gasteiger partial charge in [-0.05, 0) is 44.2 Å². The van der Waals surface area contributed by atoms with Crippen LogP contribution in [0.5, 0.6) is 5.75 Å². The van der Waals surface area contributed by atoms with Crippen LogP contribution in [-0.4, -0.2) is 32.5 Å². The predicted molar refractivity (Wildman–Crippen MR) is 116 cm³/mol. The number of methoxy groups -OCH3 is 1. The fourth-order valence-corrected chi connectivity index (χ4v) is 4.59. The number of benzene rings is 2. The lowest BCUT2D eigenvalue weighted by Gasteiger charge is -2.28. The average molecular weight is 384 g/mol. The van der Waals surface area contributed by atoms with Crippen LogP contribution >= 0.6 is 11.8 Å². The van der Waals surface area contributed by atoms with Crippen molar-refractivity contribution < 1.29 is 4.74 Å². The largest absolute Gasteiger partial charge is 0.496 e. The molecule has 0 bridgehead atoms. The van der Waals surface area contributed by atoms with Gasteiger partial charge in [-0.25, -0.2) is 0 Å². The molecule has 3 rings (SSSR count). The number of nitrogens with one attached hydrogen (secondary N) is 1. The fourth-order valence-electron chi connectivity index (χ4n) is 3.59. The molecule has 1 saturated carbocycles. The van der Waals surface area contributed by atoms with Gasteiger partial charge in [-0.3, -0.25) is 4.99 Å². The molecule has 1 aliphatic rings. The molecule has 0 aromatic heterocycles. The summed E-state index contributed by atoms with van der Waals surface area (Å²) in [7, 11) is 3.74. The Morgan fingerprint density at radius 3 is 2.85 bits per heavy atom. The van der Waals surface area contributed by atoms with Crippen molar-refractivity contribution in [2.45, 2.75) is 48.4 Å². The molecule has 2 aromatic carbocycles. The molecule has 0 spiro atoms. The van der Waals surface area contributed by atoms with Gasteiger partial charge in [0.05, 0.1) is 13.2 Å². The molecule has 1 aliphatic carbocycles. The van der Waals surface area contributed by atoms with E-state index in [0.717, 1.165) is 29.2 Å². The summed E-state index contributed by atoms with van der Waals surface area (Å²) in [5.74, 6) is 1.68. The zero-order valence-corrected chi connectivity index (χ0v) is 17.0. The Morgan fingerprint density at radius 2 is 2.04 bits per heavy atom. The van der Waals surface area contributed by atoms with Crippen molar-refractivity contribution in [3.8, 4) is 5.75 Å². The molecular formula is C22H29N3OS. The predicted octanol–water partition coefficient (Wildman–Crippen LogP) is 4.52. The van der Waals surface area contributed by atoms with Crippen LogP contribution in [0.3, 0.4) is 0 Å². The summed E-state index contributed by atoms with van der Waals surface area (Å²) >= 11 is 1.79. The van der Waals surface area contributed by atoms with Crippen molar-refractivity contribution in [2.75, 3.05) is 19.9 Å². The van der Waals surface area contributed by atoms with E-state index in [1.807, 2.05) is 25.2 Å². The summed E-state index contributed by atoms with van der Waals surface area (Å²) in [6.45, 7) is 0. The van der Waals surface area contributed by atoms with Crippen LogP contribution < -0.4 is 15.8 Å². The number of nitrogen functional groups attached to an aromatic ring is 1. The highest BCUT2D eigenvalue weighted by atomic mass is 32.2. The standard InChI is InChI=1S/C22H29N3OS/c1-24-19-8-4-5-9-20(19)25-14-16-7-3-6-10-22(16)27-15-17-13-18(23)11-12-21(17)26-2/h3,6-7,10-14,19-20,24H,4-5,8-9,15,23H2,1-2H3. The number of aliphatic imine (C=N–C) groups is 1. The molecule has 0 amide bonds. The monoisotopic (exact) mass is 383 g/mol. The molecule has 0 heterocycles. The van der Waals surface area contributed by atoms with Gasteiger partial charge in [0.2, 0.25) is 0 Å². The number of thioether (sulfide) groups is 1. The first-order chi connectivity index (χ1) is 13.2. The number of hydrogen-bond donors (Lipinski definition) is 2. The number of hydrogen-bond acceptors (Lipinski definition) is 5. The van der Waals surface area contributed by atoms with Gasteiger partial charge in [0.25, 0.3) is 0 Å². The van der Waals surface area contributed by atoms with Crippen LogP contribution in [0.25, 0.3) is 0 Å². The number of rotatable bonds is 7. The first-order valence-electron chi connectivity index (χ1n) is 9.56. The number of anilines is 1. The van der Waals surface area contributed by atoms with Crippen LogP contribution in [0, 0.1) is 0 Å². The first-order valence-corrected chi connectivity index (χ1v) is 10.5. The fraction of sp³-hybridized carbons (Fsp3) is 0.409. The van der Waals surface area contributed by atoms with Gasteiger partial charge in [0, 0.05) is 39.7 Å². The number of ether oxygens (including phenoxy) is 1. The van der Waals surface area contributed by atoms with Gasteiger partial charge in [0.1, 0.15) is 5.75 Å². The van der Waals surface area contributed by atoms with E-state index in [0.29, 0.717) is 12.1 Å². The molecule has 27 heavy (non-hydrogen) atoms. The summed E-state index contributed by atoms with van der Waals surface area (Å²) in [6.07, 6.45) is 7.00. The van der Waals surface area contributed by atoms with E-state index in [-0.39, 0.29) is 0 Å². The number of nitrogens with two attached hydrogens (primary N) is 1. The van der Waals surface area contributed by atoms with E-state index >= 15 is 0 Å². The third-order valence-corrected chi connectivity index (χ3v) is 6.25. The Morgan fingerprint density at radius 1 is 1.22 bits per heavy atom. The van der Waals surface area contributed by atoms with Crippen LogP contribution in [0.15, 0.2) is 52.4 Å². The molecule has 2 aromatic rings. The lowest BCUT2D eigenvalue weighted by atomic mass is 9.91. The maximum atomic E-state index is 5.95. The zero-order chi connectivity index (χ0) is 19.1. The van der Waals surface area contributed by atoms with Crippen molar-refractivity contribution in [2.24, 2.45) is 4.99 Å². The smallest absolute Gasteiger partial charge is 0.123 e. The van der Waals surface area contributed by atoms with Gasteiger partial charge >= 0.3 is 0 Å². The molecule has 144 valence electrons. The van der Waals surface area contributed by atoms with Gasteiger partial charge in [-0.1, -0.05) is 31.0 Å². The second-order valence-electron chi connectivity index (χ2n) is 6.92. The molecule has 0 saturated heterocycles. The van der Waals surface area contributed by atoms with Gasteiger partial charge in [-0.2, -0.15) is 0 Å². The van der Waals surface area contributed by atoms with Crippen molar-refractivity contribution in [1.29, 1.82) is 0 Å². The first kappa shape index (κ1) is 19.8. The van der Waals surface area contributed by atoms with E-state index in [1.54, 1.807) is 18.9 Å². The van der Waals surface area contributed by atoms with E-state index in [9.17, 15) is 0 Å². The van der Waals surface area contributed by atoms with Crippen LogP contribution in [-0.2, 0) is 5.75 Å². The highest BCUT2D eigenvalue weighted by Gasteiger charge is 2.22. The molecule has 1 fully saturated rings. The van der Waals surface area contributed by atoms with Crippen LogP contribution in [0.2, 0.25) is 0 Å². The Hall–Kier alpha value is -1.98. The number of likely N-dealkylation sites (N-methyl/N-ethyl adjacent to an activating group) is 1. The van der Waals surface area contributed by atoms with E-state index in [4.69, 9.17) is 15.5 Å². The van der Waals surface area contributed by atoms with Gasteiger partial charge < -0.3 is 15.8 Å². The Kier molecular flexibility index (Phi) is 7.18. The molecule has 4 nitrogen and oxygen atoms in total. The minimum Gasteiger partial charge on any atom is -0.496 e. The molecule has 0 aliphatic heterocycles. The SMILES string of the molecule is CNC1CCCCC1N=Cc1ccccc1SCc1cc(N)ccc1OC. The van der Waals surface area contributed by atoms with Crippen LogP contribution in [0.4, 0.5) is 5.69 Å². The summed E-state index contributed by atoms with van der Waals surface area (Å²) in [5, 5.41) is 3.42. The molecular weight excluding hydrogens is 354 g/mol. The van der Waals surface area contributed by atoms with Crippen molar-refractivity contribution in [3.05, 3.63) is 53.6 Å².